The van der Waals surface area contributed by atoms with Crippen LogP contribution in [0.5, 0.6) is 5.75 Å². The largest absolute Gasteiger partial charge is 0.496 e. The lowest BCUT2D eigenvalue weighted by Crippen LogP contribution is -2.34. The molecular formula is C25H28N4O5S. The van der Waals surface area contributed by atoms with Gasteiger partial charge in [0.1, 0.15) is 5.75 Å². The van der Waals surface area contributed by atoms with Crippen molar-refractivity contribution < 1.29 is 13.2 Å². The Balaban J connectivity index is 1.85. The van der Waals surface area contributed by atoms with Crippen LogP contribution in [0, 0.1) is 0 Å². The number of hydrogen-bond acceptors (Lipinski definition) is 6. The zero-order valence-electron chi connectivity index (χ0n) is 20.2. The van der Waals surface area contributed by atoms with Crippen molar-refractivity contribution in [1.29, 1.82) is 0 Å². The highest BCUT2D eigenvalue weighted by atomic mass is 32.2. The van der Waals surface area contributed by atoms with Gasteiger partial charge in [0.2, 0.25) is 10.0 Å². The molecule has 35 heavy (non-hydrogen) atoms. The van der Waals surface area contributed by atoms with Gasteiger partial charge in [0.05, 0.1) is 24.7 Å². The van der Waals surface area contributed by atoms with E-state index in [1.807, 2.05) is 36.4 Å². The van der Waals surface area contributed by atoms with Gasteiger partial charge in [0.15, 0.2) is 0 Å². The number of aromatic amines is 1. The van der Waals surface area contributed by atoms with Gasteiger partial charge in [0, 0.05) is 29.0 Å². The molecule has 0 saturated carbocycles. The third-order valence-corrected chi connectivity index (χ3v) is 6.26. The van der Waals surface area contributed by atoms with Crippen LogP contribution in [-0.4, -0.2) is 31.3 Å². The number of ether oxygens (including phenoxy) is 1. The third-order valence-electron chi connectivity index (χ3n) is 5.79. The van der Waals surface area contributed by atoms with E-state index in [0.29, 0.717) is 23.6 Å². The average molecular weight is 497 g/mol. The van der Waals surface area contributed by atoms with Crippen LogP contribution >= 0.6 is 0 Å². The predicted octanol–water partition coefficient (Wildman–Crippen LogP) is 2.45. The maximum absolute atomic E-state index is 12.5. The summed E-state index contributed by atoms with van der Waals surface area (Å²) in [7, 11) is -1.78. The number of fused-ring (bicyclic) bond motifs is 1. The molecule has 1 aromatic heterocycles. The quantitative estimate of drug-likeness (QED) is 0.451. The molecule has 0 bridgehead atoms. The number of nitrogens with zero attached hydrogens (tertiary/aromatic N) is 1. The van der Waals surface area contributed by atoms with Crippen molar-refractivity contribution in [2.75, 3.05) is 13.4 Å². The van der Waals surface area contributed by atoms with Crippen molar-refractivity contribution in [3.05, 3.63) is 86.2 Å². The summed E-state index contributed by atoms with van der Waals surface area (Å²) < 4.78 is 30.2. The van der Waals surface area contributed by atoms with Crippen LogP contribution in [0.3, 0.4) is 0 Å². The second kappa shape index (κ2) is 8.86. The molecule has 0 amide bonds. The average Bonchev–Trinajstić information content (AvgIpc) is 3.18. The molecule has 2 aromatic carbocycles. The first-order chi connectivity index (χ1) is 16.4. The van der Waals surface area contributed by atoms with Crippen molar-refractivity contribution in [3.63, 3.8) is 0 Å². The molecule has 1 aliphatic rings. The zero-order valence-corrected chi connectivity index (χ0v) is 21.0. The van der Waals surface area contributed by atoms with Gasteiger partial charge in [-0.2, -0.15) is 0 Å². The highest BCUT2D eigenvalue weighted by molar-refractivity contribution is 7.88. The second-order valence-electron chi connectivity index (χ2n) is 9.50. The highest BCUT2D eigenvalue weighted by Crippen LogP contribution is 2.42. The molecule has 184 valence electrons. The van der Waals surface area contributed by atoms with Gasteiger partial charge in [-0.25, -0.2) is 13.2 Å². The van der Waals surface area contributed by atoms with E-state index < -0.39 is 21.3 Å². The van der Waals surface area contributed by atoms with E-state index in [9.17, 15) is 18.0 Å². The Morgan fingerprint density at radius 3 is 2.43 bits per heavy atom. The van der Waals surface area contributed by atoms with Crippen molar-refractivity contribution in [2.45, 2.75) is 32.6 Å². The number of H-pyrrole nitrogens is 1. The first kappa shape index (κ1) is 24.5. The minimum atomic E-state index is -3.40. The number of hydrogen-bond donors (Lipinski definition) is 3. The van der Waals surface area contributed by atoms with Crippen LogP contribution in [0.25, 0.3) is 22.5 Å². The summed E-state index contributed by atoms with van der Waals surface area (Å²) in [5.74, 6) is 0.696. The van der Waals surface area contributed by atoms with Crippen LogP contribution in [0.15, 0.2) is 58.3 Å². The predicted molar refractivity (Wildman–Crippen MR) is 136 cm³/mol. The van der Waals surface area contributed by atoms with Crippen molar-refractivity contribution in [3.8, 4) is 22.6 Å². The number of benzene rings is 2. The van der Waals surface area contributed by atoms with E-state index in [1.54, 1.807) is 7.11 Å². The lowest BCUT2D eigenvalue weighted by atomic mass is 9.83. The van der Waals surface area contributed by atoms with E-state index in [2.05, 4.69) is 36.0 Å². The molecule has 0 fully saturated rings. The van der Waals surface area contributed by atoms with E-state index in [0.717, 1.165) is 34.1 Å². The molecule has 1 aliphatic carbocycles. The number of methoxy groups -OCH3 is 1. The first-order valence-electron chi connectivity index (χ1n) is 11.0. The molecule has 1 heterocycles. The van der Waals surface area contributed by atoms with Crippen molar-refractivity contribution in [1.82, 2.24) is 19.8 Å². The van der Waals surface area contributed by atoms with Gasteiger partial charge in [-0.15, -0.1) is 4.83 Å². The van der Waals surface area contributed by atoms with Crippen LogP contribution in [-0.2, 0) is 21.9 Å². The number of allylic oxidation sites excluding steroid dienone is 1. The number of aromatic nitrogens is 2. The topological polar surface area (TPSA) is 122 Å². The van der Waals surface area contributed by atoms with E-state index in [-0.39, 0.29) is 5.41 Å². The second-order valence-corrected chi connectivity index (χ2v) is 11.2. The fourth-order valence-electron chi connectivity index (χ4n) is 4.15. The molecule has 0 saturated heterocycles. The SMILES string of the molecule is COc1c(-c2ccc3c(c2)CC=C3NNS(C)(=O)=O)cc(-n2ccc(=O)[nH]c2=O)cc1C(C)(C)C. The molecule has 0 atom stereocenters. The zero-order chi connectivity index (χ0) is 25.5. The standard InChI is InChI=1S/C25H28N4O5S/c1-25(2,3)20-14-17(29-11-10-22(30)26-24(29)31)13-19(23(20)34-4)16-6-8-18-15(12-16)7-9-21(18)27-28-35(5,32)33/h6,8-14,27-28H,7H2,1-5H3,(H,26,30,31). The smallest absolute Gasteiger partial charge is 0.332 e. The highest BCUT2D eigenvalue weighted by Gasteiger charge is 2.25. The van der Waals surface area contributed by atoms with Crippen LogP contribution in [0.1, 0.15) is 37.5 Å². The van der Waals surface area contributed by atoms with Crippen LogP contribution in [0.2, 0.25) is 0 Å². The molecule has 0 aliphatic heterocycles. The molecule has 4 rings (SSSR count). The minimum Gasteiger partial charge on any atom is -0.496 e. The number of sulfonamides is 1. The first-order valence-corrected chi connectivity index (χ1v) is 12.9. The summed E-state index contributed by atoms with van der Waals surface area (Å²) in [6.45, 7) is 6.19. The molecular weight excluding hydrogens is 468 g/mol. The number of nitrogens with one attached hydrogen (secondary N) is 3. The van der Waals surface area contributed by atoms with Crippen molar-refractivity contribution >= 4 is 15.7 Å². The molecule has 9 nitrogen and oxygen atoms in total. The Hall–Kier alpha value is -3.63. The maximum atomic E-state index is 12.5. The lowest BCUT2D eigenvalue weighted by molar-refractivity contribution is 0.399. The molecule has 0 spiro atoms. The van der Waals surface area contributed by atoms with Gasteiger partial charge in [-0.3, -0.25) is 14.3 Å². The molecule has 0 unspecified atom stereocenters. The van der Waals surface area contributed by atoms with E-state index in [4.69, 9.17) is 4.74 Å². The van der Waals surface area contributed by atoms with Gasteiger partial charge in [-0.05, 0) is 35.1 Å². The van der Waals surface area contributed by atoms with E-state index >= 15 is 0 Å². The monoisotopic (exact) mass is 496 g/mol. The summed E-state index contributed by atoms with van der Waals surface area (Å²) in [4.78, 5) is 28.7. The fourth-order valence-corrected chi connectivity index (χ4v) is 4.44. The van der Waals surface area contributed by atoms with Gasteiger partial charge < -0.3 is 10.2 Å². The van der Waals surface area contributed by atoms with Gasteiger partial charge in [-0.1, -0.05) is 45.0 Å². The molecule has 3 N–H and O–H groups in total. The number of hydrazine groups is 1. The number of rotatable bonds is 6. The van der Waals surface area contributed by atoms with Crippen molar-refractivity contribution in [2.24, 2.45) is 0 Å². The molecule has 0 radical (unpaired) electrons. The Morgan fingerprint density at radius 1 is 1.06 bits per heavy atom. The summed E-state index contributed by atoms with van der Waals surface area (Å²) in [6, 6.07) is 11.0. The summed E-state index contributed by atoms with van der Waals surface area (Å²) in [5, 5.41) is 0. The Morgan fingerprint density at radius 2 is 1.80 bits per heavy atom. The summed E-state index contributed by atoms with van der Waals surface area (Å²) in [5.41, 5.74) is 7.27. The Kier molecular flexibility index (Phi) is 6.20. The molecule has 3 aromatic rings. The summed E-state index contributed by atoms with van der Waals surface area (Å²) >= 11 is 0. The minimum absolute atomic E-state index is 0.297. The Labute approximate surface area is 203 Å². The third kappa shape index (κ3) is 5.08. The van der Waals surface area contributed by atoms with Crippen LogP contribution in [0.4, 0.5) is 0 Å². The summed E-state index contributed by atoms with van der Waals surface area (Å²) in [6.07, 6.45) is 5.09. The molecule has 10 heteroatoms. The van der Waals surface area contributed by atoms with E-state index in [1.165, 1.54) is 16.8 Å². The van der Waals surface area contributed by atoms with Gasteiger partial charge >= 0.3 is 5.69 Å². The van der Waals surface area contributed by atoms with Crippen LogP contribution < -0.4 is 26.2 Å². The fraction of sp³-hybridized carbons (Fsp3) is 0.280. The lowest BCUT2D eigenvalue weighted by Gasteiger charge is -2.26. The normalized spacial score (nSPS) is 13.3. The maximum Gasteiger partial charge on any atom is 0.332 e. The Bertz CT molecular complexity index is 1560. The van der Waals surface area contributed by atoms with Gasteiger partial charge in [0.25, 0.3) is 5.56 Å².